The number of hydrogen-bond donors (Lipinski definition) is 1. The number of anilines is 1. The summed E-state index contributed by atoms with van der Waals surface area (Å²) < 4.78 is 41.1. The van der Waals surface area contributed by atoms with Crippen LogP contribution in [0.25, 0.3) is 0 Å². The van der Waals surface area contributed by atoms with Crippen LogP contribution in [0.2, 0.25) is 0 Å². The zero-order valence-corrected chi connectivity index (χ0v) is 16.9. The number of rotatable bonds is 5. The molecule has 0 bridgehead atoms. The van der Waals surface area contributed by atoms with Gasteiger partial charge in [-0.3, -0.25) is 9.10 Å². The van der Waals surface area contributed by atoms with E-state index < -0.39 is 21.6 Å². The third-order valence-corrected chi connectivity index (χ3v) is 7.76. The van der Waals surface area contributed by atoms with Gasteiger partial charge >= 0.3 is 0 Å². The maximum absolute atomic E-state index is 13.5. The molecule has 1 aliphatic heterocycles. The van der Waals surface area contributed by atoms with Crippen molar-refractivity contribution in [3.05, 3.63) is 85.5 Å². The molecule has 28 heavy (non-hydrogen) atoms. The van der Waals surface area contributed by atoms with Gasteiger partial charge in [0.2, 0.25) is 5.78 Å². The number of Topliss-reactive ketones (excluding diaryl/α,β-unsaturated/α-hetero) is 1. The molecule has 0 unspecified atom stereocenters. The van der Waals surface area contributed by atoms with E-state index in [-0.39, 0.29) is 11.4 Å². The van der Waals surface area contributed by atoms with Crippen molar-refractivity contribution in [2.24, 2.45) is 0 Å². The lowest BCUT2D eigenvalue weighted by Gasteiger charge is -2.29. The molecule has 1 N–H and O–H groups in total. The molecule has 2 aromatic heterocycles. The fourth-order valence-corrected chi connectivity index (χ4v) is 6.08. The highest BCUT2D eigenvalue weighted by Crippen LogP contribution is 2.39. The highest BCUT2D eigenvalue weighted by molar-refractivity contribution is 7.97. The highest BCUT2D eigenvalue weighted by Gasteiger charge is 2.41. The topological polar surface area (TPSA) is 66.5 Å². The van der Waals surface area contributed by atoms with Gasteiger partial charge in [-0.15, -0.1) is 22.7 Å². The van der Waals surface area contributed by atoms with Crippen molar-refractivity contribution in [1.29, 1.82) is 0 Å². The second-order valence-electron chi connectivity index (χ2n) is 6.07. The number of sulfonamides is 1. The molecule has 3 aromatic rings. The Labute approximate surface area is 169 Å². The van der Waals surface area contributed by atoms with Gasteiger partial charge in [0.1, 0.15) is 10.7 Å². The zero-order chi connectivity index (χ0) is 19.7. The number of carbonyl (C=O) groups excluding carboxylic acids is 1. The maximum Gasteiger partial charge on any atom is 0.270 e. The van der Waals surface area contributed by atoms with Crippen LogP contribution in [-0.4, -0.2) is 14.2 Å². The van der Waals surface area contributed by atoms with Crippen LogP contribution in [0.1, 0.15) is 20.1 Å². The maximum atomic E-state index is 13.5. The smallest absolute Gasteiger partial charge is 0.270 e. The molecular formula is C19H15FN2O3S3. The third kappa shape index (κ3) is 3.48. The first kappa shape index (κ1) is 18.9. The summed E-state index contributed by atoms with van der Waals surface area (Å²) in [5.74, 6) is -0.971. The monoisotopic (exact) mass is 434 g/mol. The molecule has 144 valence electrons. The summed E-state index contributed by atoms with van der Waals surface area (Å²) in [5.41, 5.74) is 0.829. The molecule has 0 fully saturated rings. The Balaban J connectivity index is 1.69. The molecule has 3 heterocycles. The largest absolute Gasteiger partial charge is 0.385 e. The van der Waals surface area contributed by atoms with Crippen LogP contribution in [-0.2, 0) is 23.1 Å². The summed E-state index contributed by atoms with van der Waals surface area (Å²) in [6.07, 6.45) is 1.26. The Bertz CT molecular complexity index is 1150. The molecule has 0 saturated carbocycles. The number of fused-ring (bicyclic) bond motifs is 1. The van der Waals surface area contributed by atoms with Crippen LogP contribution >= 0.6 is 22.7 Å². The van der Waals surface area contributed by atoms with Gasteiger partial charge in [-0.05, 0) is 40.6 Å². The minimum atomic E-state index is -4.08. The van der Waals surface area contributed by atoms with Gasteiger partial charge in [-0.1, -0.05) is 18.2 Å². The van der Waals surface area contributed by atoms with E-state index in [0.29, 0.717) is 22.7 Å². The van der Waals surface area contributed by atoms with Gasteiger partial charge in [0, 0.05) is 17.6 Å². The van der Waals surface area contributed by atoms with Crippen molar-refractivity contribution in [2.75, 3.05) is 4.31 Å². The molecule has 0 amide bonds. The van der Waals surface area contributed by atoms with E-state index in [2.05, 4.69) is 5.32 Å². The van der Waals surface area contributed by atoms with Crippen LogP contribution < -0.4 is 9.62 Å². The van der Waals surface area contributed by atoms with E-state index in [4.69, 9.17) is 0 Å². The predicted molar refractivity (Wildman–Crippen MR) is 109 cm³/mol. The van der Waals surface area contributed by atoms with Crippen molar-refractivity contribution in [3.8, 4) is 0 Å². The van der Waals surface area contributed by atoms with Crippen molar-refractivity contribution in [3.63, 3.8) is 0 Å². The zero-order valence-electron chi connectivity index (χ0n) is 14.5. The SMILES string of the molecule is O=C1/C(=C/NCc2cccs2)S(=O)(=O)N(Cc2cccc(F)c2)c2ccsc21. The summed E-state index contributed by atoms with van der Waals surface area (Å²) in [6, 6.07) is 11.2. The molecule has 0 aliphatic carbocycles. The van der Waals surface area contributed by atoms with E-state index in [0.717, 1.165) is 9.18 Å². The van der Waals surface area contributed by atoms with Crippen LogP contribution in [0.15, 0.2) is 64.3 Å². The average molecular weight is 435 g/mol. The number of carbonyl (C=O) groups is 1. The van der Waals surface area contributed by atoms with Crippen molar-refractivity contribution in [2.45, 2.75) is 13.1 Å². The number of nitrogens with zero attached hydrogens (tertiary/aromatic N) is 1. The highest BCUT2D eigenvalue weighted by atomic mass is 32.2. The minimum Gasteiger partial charge on any atom is -0.385 e. The molecular weight excluding hydrogens is 419 g/mol. The number of halogens is 1. The minimum absolute atomic E-state index is 0.0562. The third-order valence-electron chi connectivity index (χ3n) is 4.22. The fraction of sp³-hybridized carbons (Fsp3) is 0.105. The summed E-state index contributed by atoms with van der Waals surface area (Å²) in [4.78, 5) is 13.8. The second-order valence-corrected chi connectivity index (χ2v) is 9.85. The molecule has 0 radical (unpaired) electrons. The summed E-state index contributed by atoms with van der Waals surface area (Å²) in [6.45, 7) is 0.366. The quantitative estimate of drug-likeness (QED) is 0.614. The molecule has 4 rings (SSSR count). The first-order valence-corrected chi connectivity index (χ1v) is 11.5. The second kappa shape index (κ2) is 7.50. The molecule has 1 aromatic carbocycles. The first-order chi connectivity index (χ1) is 13.5. The number of ketones is 1. The lowest BCUT2D eigenvalue weighted by atomic mass is 10.2. The summed E-state index contributed by atoms with van der Waals surface area (Å²) in [7, 11) is -4.08. The van der Waals surface area contributed by atoms with E-state index in [1.807, 2.05) is 17.5 Å². The Hall–Kier alpha value is -2.49. The van der Waals surface area contributed by atoms with Crippen LogP contribution in [0, 0.1) is 5.82 Å². The molecule has 9 heteroatoms. The Morgan fingerprint density at radius 3 is 2.71 bits per heavy atom. The molecule has 5 nitrogen and oxygen atoms in total. The van der Waals surface area contributed by atoms with Crippen LogP contribution in [0.3, 0.4) is 0 Å². The molecule has 0 spiro atoms. The lowest BCUT2D eigenvalue weighted by molar-refractivity contribution is 0.104. The van der Waals surface area contributed by atoms with Crippen molar-refractivity contribution < 1.29 is 17.6 Å². The van der Waals surface area contributed by atoms with Crippen molar-refractivity contribution >= 4 is 44.2 Å². The summed E-state index contributed by atoms with van der Waals surface area (Å²) >= 11 is 2.72. The number of hydrogen-bond acceptors (Lipinski definition) is 6. The van der Waals surface area contributed by atoms with Gasteiger partial charge in [0.05, 0.1) is 12.2 Å². The van der Waals surface area contributed by atoms with Crippen molar-refractivity contribution in [1.82, 2.24) is 5.32 Å². The Kier molecular flexibility index (Phi) is 5.05. The van der Waals surface area contributed by atoms with Gasteiger partial charge in [-0.25, -0.2) is 12.8 Å². The Morgan fingerprint density at radius 2 is 1.96 bits per heavy atom. The first-order valence-electron chi connectivity index (χ1n) is 8.32. The van der Waals surface area contributed by atoms with Gasteiger partial charge in [-0.2, -0.15) is 0 Å². The average Bonchev–Trinajstić information content (AvgIpc) is 3.33. The van der Waals surface area contributed by atoms with Gasteiger partial charge < -0.3 is 5.32 Å². The van der Waals surface area contributed by atoms with Gasteiger partial charge in [0.25, 0.3) is 10.0 Å². The van der Waals surface area contributed by atoms with Gasteiger partial charge in [0.15, 0.2) is 4.91 Å². The Morgan fingerprint density at radius 1 is 1.11 bits per heavy atom. The number of allylic oxidation sites excluding steroid dienone is 1. The molecule has 1 aliphatic rings. The van der Waals surface area contributed by atoms with Crippen LogP contribution in [0.5, 0.6) is 0 Å². The molecule has 0 atom stereocenters. The van der Waals surface area contributed by atoms with Crippen LogP contribution in [0.4, 0.5) is 10.1 Å². The number of benzene rings is 1. The summed E-state index contributed by atoms with van der Waals surface area (Å²) in [5, 5.41) is 6.53. The van der Waals surface area contributed by atoms with E-state index in [1.165, 1.54) is 47.1 Å². The van der Waals surface area contributed by atoms with E-state index in [1.54, 1.807) is 17.5 Å². The fourth-order valence-electron chi connectivity index (χ4n) is 2.91. The lowest BCUT2D eigenvalue weighted by Crippen LogP contribution is -2.38. The normalized spacial score (nSPS) is 17.0. The molecule has 0 saturated heterocycles. The van der Waals surface area contributed by atoms with E-state index >= 15 is 0 Å². The standard InChI is InChI=1S/C19H15FN2O3S3/c20-14-4-1-3-13(9-14)12-22-16-6-8-27-19(16)18(23)17(28(22,24)25)11-21-10-15-5-2-7-26-15/h1-9,11,21H,10,12H2/b17-11-. The van der Waals surface area contributed by atoms with E-state index in [9.17, 15) is 17.6 Å². The number of nitrogens with one attached hydrogen (secondary N) is 1. The predicted octanol–water partition coefficient (Wildman–Crippen LogP) is 4.11. The number of thiophene rings is 2.